The van der Waals surface area contributed by atoms with Gasteiger partial charge in [0.25, 0.3) is 0 Å². The summed E-state index contributed by atoms with van der Waals surface area (Å²) in [5.41, 5.74) is 10.9. The lowest BCUT2D eigenvalue weighted by Crippen LogP contribution is -2.46. The molecule has 2 amide bonds. The zero-order valence-corrected chi connectivity index (χ0v) is 19.5. The Morgan fingerprint density at radius 1 is 0.906 bits per heavy atom. The average Bonchev–Trinajstić information content (AvgIpc) is 2.72. The number of nitrogens with two attached hydrogens (primary N) is 2. The molecule has 0 fully saturated rings. The molecule has 184 valence electrons. The molecule has 0 radical (unpaired) electrons. The number of thioether (sulfide) groups is 2. The van der Waals surface area contributed by atoms with Crippen molar-refractivity contribution in [1.29, 1.82) is 0 Å². The number of carbonyl (C=O) groups is 5. The third-order valence-electron chi connectivity index (χ3n) is 4.26. The predicted octanol–water partition coefficient (Wildman–Crippen LogP) is -1.09. The fourth-order valence-electron chi connectivity index (χ4n) is 2.36. The van der Waals surface area contributed by atoms with Crippen LogP contribution in [0.5, 0.6) is 0 Å². The molecule has 9 N–H and O–H groups in total. The number of rotatable bonds is 18. The lowest BCUT2D eigenvalue weighted by molar-refractivity contribution is -0.142. The quantitative estimate of drug-likeness (QED) is 0.112. The van der Waals surface area contributed by atoms with E-state index in [0.717, 1.165) is 11.8 Å². The molecule has 4 atom stereocenters. The van der Waals surface area contributed by atoms with Crippen LogP contribution in [0.2, 0.25) is 0 Å². The van der Waals surface area contributed by atoms with Gasteiger partial charge in [0.05, 0.1) is 5.25 Å². The van der Waals surface area contributed by atoms with E-state index in [2.05, 4.69) is 10.6 Å². The zero-order chi connectivity index (χ0) is 24.7. The Morgan fingerprint density at radius 2 is 1.53 bits per heavy atom. The van der Waals surface area contributed by atoms with E-state index in [1.54, 1.807) is 6.26 Å². The van der Waals surface area contributed by atoms with E-state index >= 15 is 0 Å². The Kier molecular flexibility index (Phi) is 15.5. The van der Waals surface area contributed by atoms with Gasteiger partial charge in [0.1, 0.15) is 18.1 Å². The van der Waals surface area contributed by atoms with E-state index in [1.807, 2.05) is 0 Å². The van der Waals surface area contributed by atoms with E-state index < -0.39 is 53.1 Å². The van der Waals surface area contributed by atoms with Crippen LogP contribution < -0.4 is 22.1 Å². The van der Waals surface area contributed by atoms with Crippen LogP contribution in [0.15, 0.2) is 0 Å². The molecule has 0 rings (SSSR count). The first-order valence-electron chi connectivity index (χ1n) is 9.86. The number of carboxylic acid groups (broad SMARTS) is 3. The summed E-state index contributed by atoms with van der Waals surface area (Å²) in [6.45, 7) is 0.240. The normalized spacial score (nSPS) is 14.6. The fraction of sp³-hybridized carbons (Fsp3) is 0.722. The topological polar surface area (TPSA) is 222 Å². The van der Waals surface area contributed by atoms with Gasteiger partial charge in [-0.3, -0.25) is 19.2 Å². The predicted molar refractivity (Wildman–Crippen MR) is 122 cm³/mol. The molecular formula is C18H32N4O8S2. The Hall–Kier alpha value is -2.03. The second kappa shape index (κ2) is 16.6. The minimum Gasteiger partial charge on any atom is -0.480 e. The summed E-state index contributed by atoms with van der Waals surface area (Å²) in [7, 11) is 0. The molecule has 0 spiro atoms. The van der Waals surface area contributed by atoms with Crippen molar-refractivity contribution >= 4 is 53.2 Å². The van der Waals surface area contributed by atoms with Crippen LogP contribution in [0.1, 0.15) is 32.1 Å². The van der Waals surface area contributed by atoms with Crippen molar-refractivity contribution in [2.75, 3.05) is 24.3 Å². The van der Waals surface area contributed by atoms with Gasteiger partial charge in [-0.15, -0.1) is 11.8 Å². The first-order valence-corrected chi connectivity index (χ1v) is 12.3. The van der Waals surface area contributed by atoms with Gasteiger partial charge in [-0.2, -0.15) is 11.8 Å². The highest BCUT2D eigenvalue weighted by atomic mass is 32.2. The largest absolute Gasteiger partial charge is 0.480 e. The fourth-order valence-corrected chi connectivity index (χ4v) is 3.90. The highest BCUT2D eigenvalue weighted by Gasteiger charge is 2.28. The smallest absolute Gasteiger partial charge is 0.326 e. The highest BCUT2D eigenvalue weighted by Crippen LogP contribution is 2.17. The maximum absolute atomic E-state index is 12.6. The van der Waals surface area contributed by atoms with Crippen molar-refractivity contribution in [3.05, 3.63) is 0 Å². The molecule has 14 heteroatoms. The molecule has 0 bridgehead atoms. The van der Waals surface area contributed by atoms with Gasteiger partial charge in [0.2, 0.25) is 11.8 Å². The molecule has 1 unspecified atom stereocenters. The molecule has 0 heterocycles. The van der Waals surface area contributed by atoms with Gasteiger partial charge < -0.3 is 37.4 Å². The molecule has 0 aliphatic carbocycles. The number of unbranched alkanes of at least 4 members (excludes halogenated alkanes) is 1. The van der Waals surface area contributed by atoms with Gasteiger partial charge in [-0.1, -0.05) is 0 Å². The molecule has 32 heavy (non-hydrogen) atoms. The van der Waals surface area contributed by atoms with E-state index in [-0.39, 0.29) is 31.6 Å². The van der Waals surface area contributed by atoms with Crippen molar-refractivity contribution < 1.29 is 39.3 Å². The summed E-state index contributed by atoms with van der Waals surface area (Å²) in [5.74, 6) is -4.38. The van der Waals surface area contributed by atoms with Gasteiger partial charge in [0.15, 0.2) is 0 Å². The summed E-state index contributed by atoms with van der Waals surface area (Å²) < 4.78 is 0. The lowest BCUT2D eigenvalue weighted by Gasteiger charge is -2.20. The van der Waals surface area contributed by atoms with Crippen molar-refractivity contribution in [1.82, 2.24) is 10.6 Å². The molecule has 12 nitrogen and oxygen atoms in total. The number of carbonyl (C=O) groups excluding carboxylic acids is 2. The second-order valence-electron chi connectivity index (χ2n) is 6.94. The van der Waals surface area contributed by atoms with Crippen LogP contribution in [-0.4, -0.2) is 92.7 Å². The molecule has 0 aromatic rings. The maximum Gasteiger partial charge on any atom is 0.326 e. The first-order chi connectivity index (χ1) is 15.0. The molecule has 0 aliphatic rings. The summed E-state index contributed by atoms with van der Waals surface area (Å²) in [5, 5.41) is 30.9. The molecule has 0 aliphatic heterocycles. The Balaban J connectivity index is 4.84. The first kappa shape index (κ1) is 30.0. The molecule has 0 aromatic heterocycles. The van der Waals surface area contributed by atoms with Gasteiger partial charge in [0, 0.05) is 18.7 Å². The molecular weight excluding hydrogens is 464 g/mol. The van der Waals surface area contributed by atoms with E-state index in [4.69, 9.17) is 21.7 Å². The van der Waals surface area contributed by atoms with Gasteiger partial charge in [-0.05, 0) is 37.7 Å². The maximum atomic E-state index is 12.6. The number of hydrogen-bond donors (Lipinski definition) is 7. The molecule has 0 saturated carbocycles. The third-order valence-corrected chi connectivity index (χ3v) is 6.24. The van der Waals surface area contributed by atoms with Gasteiger partial charge >= 0.3 is 17.9 Å². The lowest BCUT2D eigenvalue weighted by atomic mass is 10.1. The third kappa shape index (κ3) is 13.4. The van der Waals surface area contributed by atoms with Crippen LogP contribution in [0.25, 0.3) is 0 Å². The second-order valence-corrected chi connectivity index (χ2v) is 9.16. The number of nitrogens with one attached hydrogen (secondary N) is 2. The number of aliphatic carboxylic acids is 3. The number of amides is 2. The van der Waals surface area contributed by atoms with Crippen molar-refractivity contribution in [3.8, 4) is 0 Å². The minimum absolute atomic E-state index is 0.143. The zero-order valence-electron chi connectivity index (χ0n) is 17.8. The van der Waals surface area contributed by atoms with Crippen LogP contribution in [-0.2, 0) is 24.0 Å². The van der Waals surface area contributed by atoms with Crippen molar-refractivity contribution in [2.45, 2.75) is 55.5 Å². The Bertz CT molecular complexity index is 652. The van der Waals surface area contributed by atoms with Crippen LogP contribution in [0, 0.1) is 0 Å². The standard InChI is InChI=1S/C18H32N4O8S2/c1-31-7-5-12(18(29)30)22-15(24)13(32-9-11(20)17(27)28)8-14(23)21-6-3-2-4-10(19)16(25)26/h10-13H,2-9,19-20H2,1H3,(H,21,23)(H,22,24)(H,25,26)(H,27,28)(H,29,30)/t10-,11-,12-,13?/m0/s1. The SMILES string of the molecule is CSCC[C@H](NC(=O)C(CC(=O)NCCCC[C@H](N)C(=O)O)SC[C@H](N)C(=O)O)C(=O)O. The summed E-state index contributed by atoms with van der Waals surface area (Å²) >= 11 is 2.29. The molecule has 0 aromatic carbocycles. The summed E-state index contributed by atoms with van der Waals surface area (Å²) in [6.07, 6.45) is 2.91. The van der Waals surface area contributed by atoms with E-state index in [0.29, 0.717) is 18.6 Å². The highest BCUT2D eigenvalue weighted by molar-refractivity contribution is 8.00. The number of carboxylic acids is 3. The number of hydrogen-bond acceptors (Lipinski definition) is 9. The molecule has 0 saturated heterocycles. The summed E-state index contributed by atoms with van der Waals surface area (Å²) in [4.78, 5) is 57.8. The van der Waals surface area contributed by atoms with Crippen LogP contribution in [0.3, 0.4) is 0 Å². The average molecular weight is 497 g/mol. The Morgan fingerprint density at radius 3 is 2.06 bits per heavy atom. The van der Waals surface area contributed by atoms with E-state index in [1.165, 1.54) is 11.8 Å². The summed E-state index contributed by atoms with van der Waals surface area (Å²) in [6, 6.07) is -3.35. The Labute approximate surface area is 194 Å². The van der Waals surface area contributed by atoms with E-state index in [9.17, 15) is 29.1 Å². The van der Waals surface area contributed by atoms with Crippen LogP contribution in [0.4, 0.5) is 0 Å². The van der Waals surface area contributed by atoms with Crippen molar-refractivity contribution in [3.63, 3.8) is 0 Å². The monoisotopic (exact) mass is 496 g/mol. The van der Waals surface area contributed by atoms with Crippen molar-refractivity contribution in [2.24, 2.45) is 11.5 Å². The van der Waals surface area contributed by atoms with Crippen LogP contribution >= 0.6 is 23.5 Å². The minimum atomic E-state index is -1.26. The van der Waals surface area contributed by atoms with Gasteiger partial charge in [-0.25, -0.2) is 4.79 Å².